The van der Waals surface area contributed by atoms with Crippen molar-refractivity contribution in [3.05, 3.63) is 77.9 Å². The van der Waals surface area contributed by atoms with Crippen molar-refractivity contribution in [3.8, 4) is 11.5 Å². The maximum Gasteiger partial charge on any atom is 0.338 e. The Balaban J connectivity index is 1.68. The summed E-state index contributed by atoms with van der Waals surface area (Å²) in [7, 11) is 0.472. The molecule has 9 nitrogen and oxygen atoms in total. The first-order valence-electron chi connectivity index (χ1n) is 10.5. The van der Waals surface area contributed by atoms with Crippen molar-refractivity contribution < 1.29 is 32.2 Å². The molecular weight excluding hydrogens is 472 g/mol. The van der Waals surface area contributed by atoms with Crippen LogP contribution in [0.15, 0.2) is 71.6 Å². The summed E-state index contributed by atoms with van der Waals surface area (Å²) in [6.07, 6.45) is 0. The summed E-state index contributed by atoms with van der Waals surface area (Å²) in [6.45, 7) is 1.33. The molecule has 0 atom stereocenters. The molecular formula is C25H26N2O7S. The highest BCUT2D eigenvalue weighted by atomic mass is 32.2. The third-order valence-electron chi connectivity index (χ3n) is 5.10. The van der Waals surface area contributed by atoms with Gasteiger partial charge in [-0.25, -0.2) is 13.2 Å². The highest BCUT2D eigenvalue weighted by Crippen LogP contribution is 2.26. The monoisotopic (exact) mass is 498 g/mol. The van der Waals surface area contributed by atoms with Gasteiger partial charge in [-0.15, -0.1) is 0 Å². The first-order valence-corrected chi connectivity index (χ1v) is 11.9. The molecule has 3 aromatic rings. The number of methoxy groups -OCH3 is 2. The van der Waals surface area contributed by atoms with Crippen molar-refractivity contribution in [2.45, 2.75) is 11.8 Å². The lowest BCUT2D eigenvalue weighted by Gasteiger charge is -2.20. The number of amides is 1. The number of benzene rings is 3. The van der Waals surface area contributed by atoms with E-state index in [1.165, 1.54) is 45.5 Å². The molecule has 1 amide bonds. The predicted octanol–water partition coefficient (Wildman–Crippen LogP) is 3.63. The Bertz CT molecular complexity index is 1300. The Labute approximate surface area is 204 Å². The number of sulfonamides is 1. The van der Waals surface area contributed by atoms with E-state index in [1.54, 1.807) is 30.3 Å². The van der Waals surface area contributed by atoms with E-state index in [0.29, 0.717) is 22.9 Å². The van der Waals surface area contributed by atoms with Crippen LogP contribution in [0.5, 0.6) is 11.5 Å². The fourth-order valence-electron chi connectivity index (χ4n) is 3.13. The van der Waals surface area contributed by atoms with Crippen molar-refractivity contribution >= 4 is 33.3 Å². The summed E-state index contributed by atoms with van der Waals surface area (Å²) in [5.74, 6) is -0.467. The average Bonchev–Trinajstić information content (AvgIpc) is 2.87. The molecule has 35 heavy (non-hydrogen) atoms. The fraction of sp³-hybridized carbons (Fsp3) is 0.200. The molecule has 0 spiro atoms. The molecule has 0 fully saturated rings. The molecule has 0 aliphatic rings. The number of aryl methyl sites for hydroxylation is 1. The lowest BCUT2D eigenvalue weighted by atomic mass is 10.2. The topological polar surface area (TPSA) is 111 Å². The van der Waals surface area contributed by atoms with E-state index in [4.69, 9.17) is 14.2 Å². The van der Waals surface area contributed by atoms with E-state index >= 15 is 0 Å². The molecule has 0 unspecified atom stereocenters. The number of rotatable bonds is 9. The van der Waals surface area contributed by atoms with E-state index in [1.807, 2.05) is 19.1 Å². The minimum atomic E-state index is -3.92. The third kappa shape index (κ3) is 6.30. The molecule has 0 heterocycles. The van der Waals surface area contributed by atoms with Gasteiger partial charge in [-0.3, -0.25) is 9.10 Å². The second kappa shape index (κ2) is 10.9. The number of carbonyl (C=O) groups is 2. The van der Waals surface area contributed by atoms with Gasteiger partial charge in [-0.05, 0) is 37.3 Å². The lowest BCUT2D eigenvalue weighted by Crippen LogP contribution is -2.27. The number of esters is 1. The number of ether oxygens (including phenoxy) is 3. The largest absolute Gasteiger partial charge is 0.497 e. The normalized spacial score (nSPS) is 10.9. The summed E-state index contributed by atoms with van der Waals surface area (Å²) in [4.78, 5) is 24.7. The highest BCUT2D eigenvalue weighted by Gasteiger charge is 2.23. The predicted molar refractivity (Wildman–Crippen MR) is 132 cm³/mol. The molecule has 3 rings (SSSR count). The molecule has 3 aromatic carbocycles. The Morgan fingerprint density at radius 1 is 0.914 bits per heavy atom. The molecule has 184 valence electrons. The van der Waals surface area contributed by atoms with Crippen LogP contribution in [0.25, 0.3) is 0 Å². The minimum Gasteiger partial charge on any atom is -0.497 e. The van der Waals surface area contributed by atoms with E-state index in [-0.39, 0.29) is 10.5 Å². The van der Waals surface area contributed by atoms with Crippen molar-refractivity contribution in [2.75, 3.05) is 37.5 Å². The van der Waals surface area contributed by atoms with Crippen LogP contribution in [0.4, 0.5) is 11.4 Å². The number of carbonyl (C=O) groups excluding carboxylic acids is 2. The Morgan fingerprint density at radius 3 is 2.14 bits per heavy atom. The van der Waals surface area contributed by atoms with Crippen LogP contribution in [-0.4, -0.2) is 48.2 Å². The van der Waals surface area contributed by atoms with Gasteiger partial charge in [0.2, 0.25) is 0 Å². The lowest BCUT2D eigenvalue weighted by molar-refractivity contribution is -0.119. The van der Waals surface area contributed by atoms with Crippen LogP contribution in [0.3, 0.4) is 0 Å². The summed E-state index contributed by atoms with van der Waals surface area (Å²) >= 11 is 0. The van der Waals surface area contributed by atoms with Gasteiger partial charge in [0.25, 0.3) is 15.9 Å². The first-order chi connectivity index (χ1) is 16.6. The maximum atomic E-state index is 13.1. The van der Waals surface area contributed by atoms with Gasteiger partial charge in [0.1, 0.15) is 11.5 Å². The number of nitrogens with one attached hydrogen (secondary N) is 1. The van der Waals surface area contributed by atoms with Crippen LogP contribution in [-0.2, 0) is 19.6 Å². The van der Waals surface area contributed by atoms with Gasteiger partial charge >= 0.3 is 5.97 Å². The van der Waals surface area contributed by atoms with E-state index in [2.05, 4.69) is 5.32 Å². The molecule has 0 bridgehead atoms. The van der Waals surface area contributed by atoms with Gasteiger partial charge in [0, 0.05) is 30.9 Å². The van der Waals surface area contributed by atoms with E-state index in [9.17, 15) is 18.0 Å². The minimum absolute atomic E-state index is 0.000712. The fourth-order valence-corrected chi connectivity index (χ4v) is 4.37. The van der Waals surface area contributed by atoms with E-state index < -0.39 is 28.5 Å². The Hall–Kier alpha value is -4.05. The molecule has 10 heteroatoms. The molecule has 0 aliphatic carbocycles. The van der Waals surface area contributed by atoms with Crippen molar-refractivity contribution in [2.24, 2.45) is 0 Å². The first kappa shape index (κ1) is 25.6. The molecule has 0 radical (unpaired) electrons. The zero-order valence-electron chi connectivity index (χ0n) is 19.8. The molecule has 0 aliphatic heterocycles. The number of hydrogen-bond acceptors (Lipinski definition) is 7. The van der Waals surface area contributed by atoms with Gasteiger partial charge in [0.15, 0.2) is 6.61 Å². The van der Waals surface area contributed by atoms with Crippen molar-refractivity contribution in [1.29, 1.82) is 0 Å². The Morgan fingerprint density at radius 2 is 1.54 bits per heavy atom. The molecule has 0 saturated heterocycles. The van der Waals surface area contributed by atoms with Crippen LogP contribution in [0.2, 0.25) is 0 Å². The Kier molecular flexibility index (Phi) is 7.98. The van der Waals surface area contributed by atoms with Crippen molar-refractivity contribution in [3.63, 3.8) is 0 Å². The number of hydrogen-bond donors (Lipinski definition) is 1. The summed E-state index contributed by atoms with van der Waals surface area (Å²) < 4.78 is 42.6. The summed E-state index contributed by atoms with van der Waals surface area (Å²) in [5, 5.41) is 2.59. The van der Waals surface area contributed by atoms with Crippen LogP contribution < -0.4 is 19.1 Å². The average molecular weight is 499 g/mol. The van der Waals surface area contributed by atoms with Crippen molar-refractivity contribution in [1.82, 2.24) is 0 Å². The quantitative estimate of drug-likeness (QED) is 0.449. The second-order valence-corrected chi connectivity index (χ2v) is 9.53. The van der Waals surface area contributed by atoms with Crippen LogP contribution in [0.1, 0.15) is 15.9 Å². The molecule has 0 aromatic heterocycles. The van der Waals surface area contributed by atoms with Crippen LogP contribution >= 0.6 is 0 Å². The van der Waals surface area contributed by atoms with Gasteiger partial charge in [-0.1, -0.05) is 23.8 Å². The summed E-state index contributed by atoms with van der Waals surface area (Å²) in [5.41, 5.74) is 1.88. The maximum absolute atomic E-state index is 13.1. The molecule has 1 N–H and O–H groups in total. The third-order valence-corrected chi connectivity index (χ3v) is 6.88. The van der Waals surface area contributed by atoms with Gasteiger partial charge in [-0.2, -0.15) is 0 Å². The summed E-state index contributed by atoms with van der Waals surface area (Å²) in [6, 6.07) is 17.3. The standard InChI is InChI=1S/C25H26N2O7S/c1-17-8-10-20(11-9-17)27(2)35(30,31)23-7-5-6-18(12-23)25(29)34-16-24(28)26-19-13-21(32-3)15-22(14-19)33-4/h5-15H,16H2,1-4H3,(H,26,28). The SMILES string of the molecule is COc1cc(NC(=O)COC(=O)c2cccc(S(=O)(=O)N(C)c3ccc(C)cc3)c2)cc(OC)c1. The molecule has 0 saturated carbocycles. The number of anilines is 2. The second-order valence-electron chi connectivity index (χ2n) is 7.56. The zero-order valence-corrected chi connectivity index (χ0v) is 20.6. The highest BCUT2D eigenvalue weighted by molar-refractivity contribution is 7.92. The van der Waals surface area contributed by atoms with Gasteiger partial charge in [0.05, 0.1) is 30.4 Å². The van der Waals surface area contributed by atoms with E-state index in [0.717, 1.165) is 9.87 Å². The number of nitrogens with zero attached hydrogens (tertiary/aromatic N) is 1. The zero-order chi connectivity index (χ0) is 25.6. The smallest absolute Gasteiger partial charge is 0.338 e. The van der Waals surface area contributed by atoms with Gasteiger partial charge < -0.3 is 19.5 Å². The van der Waals surface area contributed by atoms with Crippen LogP contribution in [0, 0.1) is 6.92 Å².